The second-order valence-corrected chi connectivity index (χ2v) is 6.64. The van der Waals surface area contributed by atoms with E-state index in [1.165, 1.54) is 0 Å². The fourth-order valence-corrected chi connectivity index (χ4v) is 2.20. The highest BCUT2D eigenvalue weighted by atomic mass is 16.5. The normalized spacial score (nSPS) is 12.6. The Morgan fingerprint density at radius 3 is 2.27 bits per heavy atom. The number of carbonyl (C=O) groups is 1. The predicted octanol–water partition coefficient (Wildman–Crippen LogP) is 3.56. The van der Waals surface area contributed by atoms with Gasteiger partial charge in [0.05, 0.1) is 12.5 Å². The Hall–Kier alpha value is -1.55. The van der Waals surface area contributed by atoms with Gasteiger partial charge in [0.1, 0.15) is 5.75 Å². The van der Waals surface area contributed by atoms with E-state index in [4.69, 9.17) is 4.74 Å². The van der Waals surface area contributed by atoms with Crippen molar-refractivity contribution >= 4 is 5.97 Å². The average Bonchev–Trinajstić information content (AvgIpc) is 2.44. The highest BCUT2D eigenvalue weighted by molar-refractivity contribution is 5.70. The number of ether oxygens (including phenoxy) is 1. The number of aliphatic carboxylic acids is 1. The van der Waals surface area contributed by atoms with Crippen LogP contribution in [0, 0.1) is 17.8 Å². The average molecular weight is 307 g/mol. The van der Waals surface area contributed by atoms with Crippen molar-refractivity contribution in [3.63, 3.8) is 0 Å². The zero-order valence-corrected chi connectivity index (χ0v) is 14.1. The molecule has 1 unspecified atom stereocenters. The van der Waals surface area contributed by atoms with Crippen molar-refractivity contribution < 1.29 is 14.6 Å². The van der Waals surface area contributed by atoms with Crippen molar-refractivity contribution in [2.75, 3.05) is 13.2 Å². The quantitative estimate of drug-likeness (QED) is 0.694. The van der Waals surface area contributed by atoms with E-state index < -0.39 is 5.97 Å². The summed E-state index contributed by atoms with van der Waals surface area (Å²) in [4.78, 5) is 11.2. The van der Waals surface area contributed by atoms with Crippen molar-refractivity contribution in [1.29, 1.82) is 0 Å². The van der Waals surface area contributed by atoms with E-state index in [0.29, 0.717) is 38.0 Å². The number of hydrogen-bond acceptors (Lipinski definition) is 3. The summed E-state index contributed by atoms with van der Waals surface area (Å²) in [6.07, 6.45) is 0.699. The third-order valence-corrected chi connectivity index (χ3v) is 3.33. The van der Waals surface area contributed by atoms with Crippen molar-refractivity contribution in [1.82, 2.24) is 5.32 Å². The molecular weight excluding hydrogens is 278 g/mol. The van der Waals surface area contributed by atoms with Crippen molar-refractivity contribution in [2.24, 2.45) is 17.8 Å². The summed E-state index contributed by atoms with van der Waals surface area (Å²) in [7, 11) is 0. The molecule has 0 fully saturated rings. The van der Waals surface area contributed by atoms with E-state index in [-0.39, 0.29) is 5.92 Å². The summed E-state index contributed by atoms with van der Waals surface area (Å²) in [5.41, 5.74) is 1.13. The summed E-state index contributed by atoms with van der Waals surface area (Å²) >= 11 is 0. The molecule has 0 aromatic heterocycles. The molecule has 0 aliphatic heterocycles. The molecule has 4 nitrogen and oxygen atoms in total. The van der Waals surface area contributed by atoms with Crippen LogP contribution in [-0.2, 0) is 11.3 Å². The Bertz CT molecular complexity index is 440. The molecule has 0 radical (unpaired) electrons. The smallest absolute Gasteiger partial charge is 0.307 e. The second-order valence-electron chi connectivity index (χ2n) is 6.64. The van der Waals surface area contributed by atoms with Gasteiger partial charge in [-0.2, -0.15) is 0 Å². The minimum atomic E-state index is -0.723. The zero-order valence-electron chi connectivity index (χ0n) is 14.1. The molecule has 22 heavy (non-hydrogen) atoms. The third-order valence-electron chi connectivity index (χ3n) is 3.33. The highest BCUT2D eigenvalue weighted by Crippen LogP contribution is 2.14. The lowest BCUT2D eigenvalue weighted by Gasteiger charge is -2.15. The molecule has 4 heteroatoms. The standard InChI is InChI=1S/C18H29NO3/c1-13(2)9-16(18(20)21)11-19-10-15-5-7-17(8-6-15)22-12-14(3)4/h5-8,13-14,16,19H,9-12H2,1-4H3,(H,20,21). The van der Waals surface area contributed by atoms with Crippen LogP contribution in [0.5, 0.6) is 5.75 Å². The van der Waals surface area contributed by atoms with Gasteiger partial charge in [0.25, 0.3) is 0 Å². The van der Waals surface area contributed by atoms with Crippen molar-refractivity contribution in [3.8, 4) is 5.75 Å². The van der Waals surface area contributed by atoms with Crippen LogP contribution in [0.25, 0.3) is 0 Å². The van der Waals surface area contributed by atoms with Gasteiger partial charge >= 0.3 is 5.97 Å². The Balaban J connectivity index is 2.39. The maximum Gasteiger partial charge on any atom is 0.307 e. The number of nitrogens with one attached hydrogen (secondary N) is 1. The molecular formula is C18H29NO3. The van der Waals surface area contributed by atoms with Crippen LogP contribution in [0.4, 0.5) is 0 Å². The summed E-state index contributed by atoms with van der Waals surface area (Å²) in [6, 6.07) is 7.95. The Labute approximate surface area is 133 Å². The Morgan fingerprint density at radius 1 is 1.14 bits per heavy atom. The molecule has 0 saturated carbocycles. The van der Waals surface area contributed by atoms with Gasteiger partial charge in [-0.15, -0.1) is 0 Å². The lowest BCUT2D eigenvalue weighted by molar-refractivity contribution is -0.142. The van der Waals surface area contributed by atoms with E-state index in [0.717, 1.165) is 11.3 Å². The third kappa shape index (κ3) is 7.46. The van der Waals surface area contributed by atoms with E-state index >= 15 is 0 Å². The fraction of sp³-hybridized carbons (Fsp3) is 0.611. The van der Waals surface area contributed by atoms with E-state index in [1.54, 1.807) is 0 Å². The predicted molar refractivity (Wildman–Crippen MR) is 89.1 cm³/mol. The molecule has 0 aliphatic carbocycles. The topological polar surface area (TPSA) is 58.6 Å². The molecule has 0 amide bonds. The van der Waals surface area contributed by atoms with Gasteiger partial charge in [0, 0.05) is 13.1 Å². The van der Waals surface area contributed by atoms with Crippen LogP contribution in [0.1, 0.15) is 39.7 Å². The van der Waals surface area contributed by atoms with Gasteiger partial charge in [-0.1, -0.05) is 39.8 Å². The van der Waals surface area contributed by atoms with Crippen LogP contribution >= 0.6 is 0 Å². The maximum atomic E-state index is 11.2. The second kappa shape index (κ2) is 9.46. The van der Waals surface area contributed by atoms with Crippen LogP contribution in [0.3, 0.4) is 0 Å². The fourth-order valence-electron chi connectivity index (χ4n) is 2.20. The minimum absolute atomic E-state index is 0.325. The van der Waals surface area contributed by atoms with E-state index in [9.17, 15) is 9.90 Å². The maximum absolute atomic E-state index is 11.2. The number of carboxylic acid groups (broad SMARTS) is 1. The van der Waals surface area contributed by atoms with Gasteiger partial charge in [-0.05, 0) is 36.0 Å². The van der Waals surface area contributed by atoms with Crippen LogP contribution in [-0.4, -0.2) is 24.2 Å². The summed E-state index contributed by atoms with van der Waals surface area (Å²) in [5.74, 6) is 0.725. The Morgan fingerprint density at radius 2 is 1.77 bits per heavy atom. The molecule has 2 N–H and O–H groups in total. The lowest BCUT2D eigenvalue weighted by Crippen LogP contribution is -2.29. The summed E-state index contributed by atoms with van der Waals surface area (Å²) < 4.78 is 5.64. The zero-order chi connectivity index (χ0) is 16.5. The number of carboxylic acids is 1. The Kier molecular flexibility index (Phi) is 7.96. The van der Waals surface area contributed by atoms with Gasteiger partial charge in [-0.3, -0.25) is 4.79 Å². The van der Waals surface area contributed by atoms with Crippen molar-refractivity contribution in [2.45, 2.75) is 40.7 Å². The SMILES string of the molecule is CC(C)COc1ccc(CNCC(CC(C)C)C(=O)O)cc1. The van der Waals surface area contributed by atoms with E-state index in [2.05, 4.69) is 19.2 Å². The van der Waals surface area contributed by atoms with Gasteiger partial charge in [0.2, 0.25) is 0 Å². The van der Waals surface area contributed by atoms with Crippen LogP contribution < -0.4 is 10.1 Å². The highest BCUT2D eigenvalue weighted by Gasteiger charge is 2.18. The molecule has 1 aromatic rings. The van der Waals surface area contributed by atoms with E-state index in [1.807, 2.05) is 38.1 Å². The van der Waals surface area contributed by atoms with Gasteiger partial charge in [-0.25, -0.2) is 0 Å². The summed E-state index contributed by atoms with van der Waals surface area (Å²) in [6.45, 7) is 10.2. The first-order valence-electron chi connectivity index (χ1n) is 8.03. The first-order chi connectivity index (χ1) is 10.4. The first-order valence-corrected chi connectivity index (χ1v) is 8.03. The molecule has 124 valence electrons. The molecule has 0 spiro atoms. The van der Waals surface area contributed by atoms with Crippen LogP contribution in [0.2, 0.25) is 0 Å². The monoisotopic (exact) mass is 307 g/mol. The minimum Gasteiger partial charge on any atom is -0.493 e. The molecule has 0 aliphatic rings. The summed E-state index contributed by atoms with van der Waals surface area (Å²) in [5, 5.41) is 12.4. The molecule has 1 atom stereocenters. The van der Waals surface area contributed by atoms with Crippen LogP contribution in [0.15, 0.2) is 24.3 Å². The molecule has 1 rings (SSSR count). The largest absolute Gasteiger partial charge is 0.493 e. The van der Waals surface area contributed by atoms with Crippen molar-refractivity contribution in [3.05, 3.63) is 29.8 Å². The lowest BCUT2D eigenvalue weighted by atomic mass is 9.97. The van der Waals surface area contributed by atoms with Gasteiger partial charge in [0.15, 0.2) is 0 Å². The molecule has 0 saturated heterocycles. The molecule has 0 heterocycles. The number of benzene rings is 1. The molecule has 0 bridgehead atoms. The number of rotatable bonds is 10. The number of hydrogen-bond donors (Lipinski definition) is 2. The van der Waals surface area contributed by atoms with Gasteiger partial charge < -0.3 is 15.2 Å². The first kappa shape index (κ1) is 18.5. The molecule has 1 aromatic carbocycles.